The number of nitrogen functional groups attached to an aromatic ring is 1. The van der Waals surface area contributed by atoms with Crippen LogP contribution in [0.25, 0.3) is 11.1 Å². The number of rotatable bonds is 5. The van der Waals surface area contributed by atoms with E-state index in [-0.39, 0.29) is 18.7 Å². The Morgan fingerprint density at radius 1 is 1.23 bits per heavy atom. The molecule has 1 fully saturated rings. The highest BCUT2D eigenvalue weighted by molar-refractivity contribution is 5.91. The van der Waals surface area contributed by atoms with E-state index in [0.717, 1.165) is 19.3 Å². The number of ether oxygens (including phenoxy) is 3. The summed E-state index contributed by atoms with van der Waals surface area (Å²) in [6.45, 7) is 6.19. The standard InChI is InChI=1S/C23H29FN2O4/c1-23(2,3)30-22(27)26-20-12-15(14-29-21-10-6-7-11-28-21)17(13-19(20)25)16-8-4-5-9-18(16)24/h4-5,8-9,12-13,21H,6-7,10-11,14,25H2,1-3H3,(H,26,27). The second-order valence-electron chi connectivity index (χ2n) is 8.31. The number of nitrogens with one attached hydrogen (secondary N) is 1. The number of amides is 1. The van der Waals surface area contributed by atoms with Crippen LogP contribution in [-0.4, -0.2) is 24.6 Å². The number of carbonyl (C=O) groups is 1. The molecule has 0 aromatic heterocycles. The molecule has 1 amide bonds. The molecule has 162 valence electrons. The minimum absolute atomic E-state index is 0.192. The van der Waals surface area contributed by atoms with E-state index in [4.69, 9.17) is 19.9 Å². The SMILES string of the molecule is CC(C)(C)OC(=O)Nc1cc(COC2CCCCO2)c(-c2ccccc2F)cc1N. The van der Waals surface area contributed by atoms with E-state index in [0.29, 0.717) is 34.7 Å². The lowest BCUT2D eigenvalue weighted by Crippen LogP contribution is -2.27. The Bertz CT molecular complexity index is 889. The molecule has 6 nitrogen and oxygen atoms in total. The summed E-state index contributed by atoms with van der Waals surface area (Å²) < 4.78 is 31.3. The molecule has 1 aliphatic heterocycles. The Morgan fingerprint density at radius 2 is 2.00 bits per heavy atom. The van der Waals surface area contributed by atoms with E-state index >= 15 is 0 Å². The average Bonchev–Trinajstić information content (AvgIpc) is 2.68. The third-order valence-electron chi connectivity index (χ3n) is 4.64. The summed E-state index contributed by atoms with van der Waals surface area (Å²) in [5.41, 5.74) is 7.92. The van der Waals surface area contributed by atoms with Crippen molar-refractivity contribution in [1.29, 1.82) is 0 Å². The minimum Gasteiger partial charge on any atom is -0.444 e. The van der Waals surface area contributed by atoms with E-state index in [9.17, 15) is 9.18 Å². The predicted octanol–water partition coefficient (Wildman–Crippen LogP) is 5.47. The molecular formula is C23H29FN2O4. The summed E-state index contributed by atoms with van der Waals surface area (Å²) >= 11 is 0. The van der Waals surface area contributed by atoms with Crippen molar-refractivity contribution in [3.05, 3.63) is 47.8 Å². The molecule has 3 N–H and O–H groups in total. The van der Waals surface area contributed by atoms with Crippen molar-refractivity contribution in [1.82, 2.24) is 0 Å². The van der Waals surface area contributed by atoms with E-state index in [1.54, 1.807) is 51.1 Å². The highest BCUT2D eigenvalue weighted by atomic mass is 19.1. The van der Waals surface area contributed by atoms with Crippen LogP contribution in [0, 0.1) is 5.82 Å². The smallest absolute Gasteiger partial charge is 0.412 e. The van der Waals surface area contributed by atoms with E-state index in [2.05, 4.69) is 5.32 Å². The molecule has 0 spiro atoms. The molecule has 0 bridgehead atoms. The molecule has 3 rings (SSSR count). The molecule has 0 radical (unpaired) electrons. The number of hydrogen-bond acceptors (Lipinski definition) is 5. The van der Waals surface area contributed by atoms with Crippen molar-refractivity contribution in [2.24, 2.45) is 0 Å². The molecule has 2 aromatic carbocycles. The molecular weight excluding hydrogens is 387 g/mol. The normalized spacial score (nSPS) is 16.9. The molecule has 1 atom stereocenters. The summed E-state index contributed by atoms with van der Waals surface area (Å²) in [7, 11) is 0. The van der Waals surface area contributed by atoms with Crippen molar-refractivity contribution >= 4 is 17.5 Å². The zero-order valence-electron chi connectivity index (χ0n) is 17.7. The average molecular weight is 416 g/mol. The monoisotopic (exact) mass is 416 g/mol. The Kier molecular flexibility index (Phi) is 6.95. The maximum atomic E-state index is 14.5. The van der Waals surface area contributed by atoms with Crippen molar-refractivity contribution < 1.29 is 23.4 Å². The van der Waals surface area contributed by atoms with Gasteiger partial charge in [0.25, 0.3) is 0 Å². The maximum Gasteiger partial charge on any atom is 0.412 e. The largest absolute Gasteiger partial charge is 0.444 e. The lowest BCUT2D eigenvalue weighted by molar-refractivity contribution is -0.168. The Balaban J connectivity index is 1.90. The van der Waals surface area contributed by atoms with Crippen LogP contribution >= 0.6 is 0 Å². The van der Waals surface area contributed by atoms with Crippen molar-refractivity contribution in [3.8, 4) is 11.1 Å². The summed E-state index contributed by atoms with van der Waals surface area (Å²) in [5.74, 6) is -0.361. The van der Waals surface area contributed by atoms with E-state index in [1.165, 1.54) is 6.07 Å². The first-order chi connectivity index (χ1) is 14.2. The van der Waals surface area contributed by atoms with Gasteiger partial charge in [-0.05, 0) is 69.4 Å². The lowest BCUT2D eigenvalue weighted by atomic mass is 9.97. The zero-order valence-corrected chi connectivity index (χ0v) is 17.7. The van der Waals surface area contributed by atoms with Gasteiger partial charge in [-0.1, -0.05) is 18.2 Å². The fraction of sp³-hybridized carbons (Fsp3) is 0.435. The molecule has 1 aliphatic rings. The van der Waals surface area contributed by atoms with Gasteiger partial charge in [0.2, 0.25) is 0 Å². The van der Waals surface area contributed by atoms with Gasteiger partial charge in [-0.25, -0.2) is 9.18 Å². The van der Waals surface area contributed by atoms with Crippen LogP contribution < -0.4 is 11.1 Å². The van der Waals surface area contributed by atoms with Crippen LogP contribution in [0.5, 0.6) is 0 Å². The topological polar surface area (TPSA) is 82.8 Å². The number of nitrogens with two attached hydrogens (primary N) is 1. The maximum absolute atomic E-state index is 14.5. The lowest BCUT2D eigenvalue weighted by Gasteiger charge is -2.24. The minimum atomic E-state index is -0.643. The summed E-state index contributed by atoms with van der Waals surface area (Å²) in [4.78, 5) is 12.2. The first kappa shape index (κ1) is 22.1. The van der Waals surface area contributed by atoms with E-state index < -0.39 is 11.7 Å². The molecule has 1 saturated heterocycles. The Hall–Kier alpha value is -2.64. The zero-order chi connectivity index (χ0) is 21.7. The highest BCUT2D eigenvalue weighted by Gasteiger charge is 2.20. The van der Waals surface area contributed by atoms with Crippen molar-refractivity contribution in [2.45, 2.75) is 58.5 Å². The fourth-order valence-corrected chi connectivity index (χ4v) is 3.26. The van der Waals surface area contributed by atoms with Crippen LogP contribution in [-0.2, 0) is 20.8 Å². The number of hydrogen-bond donors (Lipinski definition) is 2. The van der Waals surface area contributed by atoms with Crippen molar-refractivity contribution in [2.75, 3.05) is 17.7 Å². The third kappa shape index (κ3) is 5.93. The second-order valence-corrected chi connectivity index (χ2v) is 8.31. The molecule has 2 aromatic rings. The summed E-state index contributed by atoms with van der Waals surface area (Å²) in [6, 6.07) is 9.82. The second kappa shape index (κ2) is 9.45. The molecule has 0 saturated carbocycles. The van der Waals surface area contributed by atoms with Crippen LogP contribution in [0.1, 0.15) is 45.6 Å². The highest BCUT2D eigenvalue weighted by Crippen LogP contribution is 2.34. The molecule has 1 heterocycles. The van der Waals surface area contributed by atoms with E-state index in [1.807, 2.05) is 0 Å². The van der Waals surface area contributed by atoms with Gasteiger partial charge in [0, 0.05) is 12.2 Å². The summed E-state index contributed by atoms with van der Waals surface area (Å²) in [6.07, 6.45) is 1.96. The quantitative estimate of drug-likeness (QED) is 0.632. The first-order valence-corrected chi connectivity index (χ1v) is 10.1. The van der Waals surface area contributed by atoms with Gasteiger partial charge >= 0.3 is 6.09 Å². The predicted molar refractivity (Wildman–Crippen MR) is 114 cm³/mol. The molecule has 0 aliphatic carbocycles. The first-order valence-electron chi connectivity index (χ1n) is 10.1. The molecule has 30 heavy (non-hydrogen) atoms. The Morgan fingerprint density at radius 3 is 2.67 bits per heavy atom. The number of halogens is 1. The number of carbonyl (C=O) groups excluding carboxylic acids is 1. The molecule has 7 heteroatoms. The van der Waals surface area contributed by atoms with Crippen LogP contribution in [0.15, 0.2) is 36.4 Å². The van der Waals surface area contributed by atoms with Gasteiger partial charge in [-0.3, -0.25) is 5.32 Å². The van der Waals surface area contributed by atoms with Gasteiger partial charge in [-0.2, -0.15) is 0 Å². The summed E-state index contributed by atoms with van der Waals surface area (Å²) in [5, 5.41) is 2.67. The third-order valence-corrected chi connectivity index (χ3v) is 4.64. The van der Waals surface area contributed by atoms with Crippen LogP contribution in [0.2, 0.25) is 0 Å². The van der Waals surface area contributed by atoms with Gasteiger partial charge in [-0.15, -0.1) is 0 Å². The number of benzene rings is 2. The van der Waals surface area contributed by atoms with Gasteiger partial charge in [0.1, 0.15) is 11.4 Å². The van der Waals surface area contributed by atoms with Crippen LogP contribution in [0.3, 0.4) is 0 Å². The fourth-order valence-electron chi connectivity index (χ4n) is 3.26. The van der Waals surface area contributed by atoms with Crippen LogP contribution in [0.4, 0.5) is 20.6 Å². The van der Waals surface area contributed by atoms with Gasteiger partial charge in [0.05, 0.1) is 18.0 Å². The van der Waals surface area contributed by atoms with Gasteiger partial charge in [0.15, 0.2) is 6.29 Å². The van der Waals surface area contributed by atoms with Crippen molar-refractivity contribution in [3.63, 3.8) is 0 Å². The number of anilines is 2. The van der Waals surface area contributed by atoms with Gasteiger partial charge < -0.3 is 19.9 Å². The Labute approximate surface area is 176 Å². The molecule has 1 unspecified atom stereocenters.